The van der Waals surface area contributed by atoms with Gasteiger partial charge in [0.2, 0.25) is 0 Å². The molecule has 0 aromatic heterocycles. The summed E-state index contributed by atoms with van der Waals surface area (Å²) in [5.41, 5.74) is 8.04. The van der Waals surface area contributed by atoms with Gasteiger partial charge in [-0.05, 0) is 37.5 Å². The van der Waals surface area contributed by atoms with Crippen molar-refractivity contribution in [2.24, 2.45) is 5.73 Å². The van der Waals surface area contributed by atoms with Gasteiger partial charge in [0.25, 0.3) is 0 Å². The molecule has 2 N–H and O–H groups in total. The van der Waals surface area contributed by atoms with Crippen LogP contribution in [0.3, 0.4) is 0 Å². The fourth-order valence-electron chi connectivity index (χ4n) is 2.11. The maximum absolute atomic E-state index is 6.38. The van der Waals surface area contributed by atoms with Gasteiger partial charge in [-0.1, -0.05) is 17.7 Å². The van der Waals surface area contributed by atoms with E-state index in [1.54, 1.807) is 7.11 Å². The van der Waals surface area contributed by atoms with Crippen molar-refractivity contribution in [3.63, 3.8) is 0 Å². The molecular formula is C14H21ClN2O. The molecule has 1 aliphatic rings. The monoisotopic (exact) mass is 268 g/mol. The Morgan fingerprint density at radius 3 is 2.72 bits per heavy atom. The van der Waals surface area contributed by atoms with E-state index in [-0.39, 0.29) is 6.04 Å². The third-order valence-corrected chi connectivity index (χ3v) is 3.63. The molecule has 4 heteroatoms. The molecule has 0 aliphatic heterocycles. The van der Waals surface area contributed by atoms with Gasteiger partial charge in [0.1, 0.15) is 0 Å². The van der Waals surface area contributed by atoms with Gasteiger partial charge >= 0.3 is 0 Å². The van der Waals surface area contributed by atoms with Gasteiger partial charge in [-0.15, -0.1) is 0 Å². The van der Waals surface area contributed by atoms with Crippen molar-refractivity contribution >= 4 is 17.3 Å². The first kappa shape index (κ1) is 13.7. The van der Waals surface area contributed by atoms with Gasteiger partial charge < -0.3 is 15.4 Å². The normalized spacial score (nSPS) is 16.7. The predicted octanol–water partition coefficient (Wildman–Crippen LogP) is 2.97. The summed E-state index contributed by atoms with van der Waals surface area (Å²) in [6.45, 7) is 3.58. The molecule has 1 atom stereocenters. The number of nitrogens with two attached hydrogens (primary N) is 1. The molecule has 0 unspecified atom stereocenters. The lowest BCUT2D eigenvalue weighted by molar-refractivity contribution is 0.205. The summed E-state index contributed by atoms with van der Waals surface area (Å²) in [6.07, 6.45) is 2.49. The van der Waals surface area contributed by atoms with E-state index in [2.05, 4.69) is 17.0 Å². The quantitative estimate of drug-likeness (QED) is 0.862. The molecule has 1 saturated carbocycles. The SMILES string of the molecule is COCCN(c1ccc([C@@H](C)N)cc1Cl)C1CC1. The highest BCUT2D eigenvalue weighted by Gasteiger charge is 2.30. The first-order chi connectivity index (χ1) is 8.63. The Balaban J connectivity index is 2.19. The van der Waals surface area contributed by atoms with Gasteiger partial charge in [-0.3, -0.25) is 0 Å². The van der Waals surface area contributed by atoms with Crippen molar-refractivity contribution in [1.29, 1.82) is 0 Å². The number of benzene rings is 1. The summed E-state index contributed by atoms with van der Waals surface area (Å²) in [4.78, 5) is 2.34. The van der Waals surface area contributed by atoms with Crippen molar-refractivity contribution in [1.82, 2.24) is 0 Å². The van der Waals surface area contributed by atoms with Crippen LogP contribution in [0.25, 0.3) is 0 Å². The fourth-order valence-corrected chi connectivity index (χ4v) is 2.41. The Kier molecular flexibility index (Phi) is 4.49. The smallest absolute Gasteiger partial charge is 0.0643 e. The number of nitrogens with zero attached hydrogens (tertiary/aromatic N) is 1. The topological polar surface area (TPSA) is 38.5 Å². The summed E-state index contributed by atoms with van der Waals surface area (Å²) >= 11 is 6.38. The Bertz CT molecular complexity index is 405. The van der Waals surface area contributed by atoms with Gasteiger partial charge in [-0.25, -0.2) is 0 Å². The average Bonchev–Trinajstić information content (AvgIpc) is 3.15. The van der Waals surface area contributed by atoms with Crippen molar-refractivity contribution in [2.45, 2.75) is 31.8 Å². The lowest BCUT2D eigenvalue weighted by Crippen LogP contribution is -2.29. The van der Waals surface area contributed by atoms with Crippen LogP contribution in [-0.4, -0.2) is 26.3 Å². The molecule has 0 amide bonds. The van der Waals surface area contributed by atoms with Crippen LogP contribution in [-0.2, 0) is 4.74 Å². The third kappa shape index (κ3) is 3.16. The van der Waals surface area contributed by atoms with Gasteiger partial charge in [0, 0.05) is 25.7 Å². The summed E-state index contributed by atoms with van der Waals surface area (Å²) in [7, 11) is 1.73. The standard InChI is InChI=1S/C14H21ClN2O/c1-10(16)11-3-6-14(13(15)9-11)17(7-8-18-2)12-4-5-12/h3,6,9-10,12H,4-5,7-8,16H2,1-2H3/t10-/m1/s1. The third-order valence-electron chi connectivity index (χ3n) is 3.33. The van der Waals surface area contributed by atoms with Crippen molar-refractivity contribution in [3.8, 4) is 0 Å². The Labute approximate surface area is 114 Å². The van der Waals surface area contributed by atoms with E-state index in [0.29, 0.717) is 6.04 Å². The summed E-state index contributed by atoms with van der Waals surface area (Å²) in [6, 6.07) is 6.76. The van der Waals surface area contributed by atoms with Crippen molar-refractivity contribution in [2.75, 3.05) is 25.2 Å². The second-order valence-electron chi connectivity index (χ2n) is 4.92. The van der Waals surface area contributed by atoms with Crippen LogP contribution in [0, 0.1) is 0 Å². The van der Waals surface area contributed by atoms with Gasteiger partial charge in [0.15, 0.2) is 0 Å². The first-order valence-corrected chi connectivity index (χ1v) is 6.82. The summed E-state index contributed by atoms with van der Waals surface area (Å²) in [5.74, 6) is 0. The minimum absolute atomic E-state index is 0.0184. The number of hydrogen-bond donors (Lipinski definition) is 1. The van der Waals surface area contributed by atoms with E-state index in [9.17, 15) is 0 Å². The molecule has 3 nitrogen and oxygen atoms in total. The number of anilines is 1. The number of halogens is 1. The average molecular weight is 269 g/mol. The summed E-state index contributed by atoms with van der Waals surface area (Å²) in [5, 5.41) is 0.785. The van der Waals surface area contributed by atoms with E-state index >= 15 is 0 Å². The highest BCUT2D eigenvalue weighted by Crippen LogP contribution is 2.36. The fraction of sp³-hybridized carbons (Fsp3) is 0.571. The molecule has 0 radical (unpaired) electrons. The predicted molar refractivity (Wildman–Crippen MR) is 76.3 cm³/mol. The van der Waals surface area contributed by atoms with Gasteiger partial charge in [-0.2, -0.15) is 0 Å². The summed E-state index contributed by atoms with van der Waals surface area (Å²) < 4.78 is 5.17. The first-order valence-electron chi connectivity index (χ1n) is 6.44. The zero-order valence-electron chi connectivity index (χ0n) is 11.0. The van der Waals surface area contributed by atoms with Crippen LogP contribution in [0.15, 0.2) is 18.2 Å². The zero-order valence-corrected chi connectivity index (χ0v) is 11.8. The number of ether oxygens (including phenoxy) is 1. The maximum atomic E-state index is 6.38. The molecular weight excluding hydrogens is 248 g/mol. The van der Waals surface area contributed by atoms with E-state index < -0.39 is 0 Å². The van der Waals surface area contributed by atoms with Crippen LogP contribution in [0.1, 0.15) is 31.4 Å². The molecule has 1 aromatic rings. The molecule has 0 heterocycles. The maximum Gasteiger partial charge on any atom is 0.0643 e. The largest absolute Gasteiger partial charge is 0.383 e. The molecule has 0 spiro atoms. The minimum atomic E-state index is 0.0184. The second-order valence-corrected chi connectivity index (χ2v) is 5.32. The van der Waals surface area contributed by atoms with Crippen LogP contribution in [0.2, 0.25) is 5.02 Å². The minimum Gasteiger partial charge on any atom is -0.383 e. The highest BCUT2D eigenvalue weighted by atomic mass is 35.5. The second kappa shape index (κ2) is 5.91. The lowest BCUT2D eigenvalue weighted by Gasteiger charge is -2.26. The van der Waals surface area contributed by atoms with Crippen molar-refractivity contribution in [3.05, 3.63) is 28.8 Å². The Morgan fingerprint density at radius 2 is 2.22 bits per heavy atom. The zero-order chi connectivity index (χ0) is 13.1. The van der Waals surface area contributed by atoms with Crippen LogP contribution >= 0.6 is 11.6 Å². The van der Waals surface area contributed by atoms with Crippen LogP contribution < -0.4 is 10.6 Å². The number of hydrogen-bond acceptors (Lipinski definition) is 3. The van der Waals surface area contributed by atoms with Gasteiger partial charge in [0.05, 0.1) is 17.3 Å². The Hall–Kier alpha value is -0.770. The van der Waals surface area contributed by atoms with E-state index in [0.717, 1.165) is 29.4 Å². The number of rotatable bonds is 6. The molecule has 2 rings (SSSR count). The van der Waals surface area contributed by atoms with E-state index in [4.69, 9.17) is 22.1 Å². The van der Waals surface area contributed by atoms with E-state index in [1.807, 2.05) is 13.0 Å². The molecule has 100 valence electrons. The highest BCUT2D eigenvalue weighted by molar-refractivity contribution is 6.33. The van der Waals surface area contributed by atoms with E-state index in [1.165, 1.54) is 12.8 Å². The van der Waals surface area contributed by atoms with Crippen molar-refractivity contribution < 1.29 is 4.74 Å². The van der Waals surface area contributed by atoms with Crippen LogP contribution in [0.5, 0.6) is 0 Å². The molecule has 1 aliphatic carbocycles. The molecule has 18 heavy (non-hydrogen) atoms. The van der Waals surface area contributed by atoms with Crippen LogP contribution in [0.4, 0.5) is 5.69 Å². The Morgan fingerprint density at radius 1 is 1.50 bits per heavy atom. The lowest BCUT2D eigenvalue weighted by atomic mass is 10.1. The molecule has 1 fully saturated rings. The number of methoxy groups -OCH3 is 1. The molecule has 0 saturated heterocycles. The molecule has 1 aromatic carbocycles. The molecule has 0 bridgehead atoms.